The molecule has 1 amide bonds. The average Bonchev–Trinajstić information content (AvgIpc) is 2.72. The second-order valence-corrected chi connectivity index (χ2v) is 7.47. The first-order valence-corrected chi connectivity index (χ1v) is 9.82. The van der Waals surface area contributed by atoms with Gasteiger partial charge in [0.2, 0.25) is 0 Å². The standard InChI is InChI=1S/C22H24ClNO5/c1-14(2)29-21-18(23)10-17(11-19(21)27-3)22(26)28-13-20(25)24-9-8-15-6-4-5-7-16(15)12-24/h4-7,10-11,14H,8-9,12-13H2,1-3H3. The maximum atomic E-state index is 12.5. The highest BCUT2D eigenvalue weighted by atomic mass is 35.5. The number of hydrogen-bond acceptors (Lipinski definition) is 5. The third kappa shape index (κ3) is 5.01. The monoisotopic (exact) mass is 417 g/mol. The van der Waals surface area contributed by atoms with Crippen LogP contribution in [0.15, 0.2) is 36.4 Å². The summed E-state index contributed by atoms with van der Waals surface area (Å²) in [4.78, 5) is 26.6. The van der Waals surface area contributed by atoms with E-state index in [-0.39, 0.29) is 29.2 Å². The minimum absolute atomic E-state index is 0.105. The van der Waals surface area contributed by atoms with Crippen molar-refractivity contribution < 1.29 is 23.8 Å². The fourth-order valence-corrected chi connectivity index (χ4v) is 3.45. The van der Waals surface area contributed by atoms with Crippen molar-refractivity contribution in [1.29, 1.82) is 0 Å². The van der Waals surface area contributed by atoms with Gasteiger partial charge in [-0.1, -0.05) is 35.9 Å². The van der Waals surface area contributed by atoms with Crippen LogP contribution in [0.2, 0.25) is 5.02 Å². The number of methoxy groups -OCH3 is 1. The number of nitrogens with zero attached hydrogens (tertiary/aromatic N) is 1. The van der Waals surface area contributed by atoms with E-state index in [1.165, 1.54) is 24.8 Å². The second kappa shape index (κ2) is 9.18. The van der Waals surface area contributed by atoms with Gasteiger partial charge in [-0.2, -0.15) is 0 Å². The van der Waals surface area contributed by atoms with E-state index < -0.39 is 5.97 Å². The molecule has 2 aromatic carbocycles. The highest BCUT2D eigenvalue weighted by molar-refractivity contribution is 6.32. The summed E-state index contributed by atoms with van der Waals surface area (Å²) in [5, 5.41) is 0.240. The van der Waals surface area contributed by atoms with Gasteiger partial charge in [0.15, 0.2) is 18.1 Å². The molecule has 7 heteroatoms. The fourth-order valence-electron chi connectivity index (χ4n) is 3.20. The zero-order valence-corrected chi connectivity index (χ0v) is 17.5. The van der Waals surface area contributed by atoms with Crippen molar-refractivity contribution in [2.24, 2.45) is 0 Å². The third-order valence-electron chi connectivity index (χ3n) is 4.63. The largest absolute Gasteiger partial charge is 0.493 e. The van der Waals surface area contributed by atoms with Crippen LogP contribution in [0.1, 0.15) is 35.3 Å². The molecule has 3 rings (SSSR count). The van der Waals surface area contributed by atoms with Crippen molar-refractivity contribution in [3.8, 4) is 11.5 Å². The van der Waals surface area contributed by atoms with Gasteiger partial charge in [0.25, 0.3) is 5.91 Å². The Morgan fingerprint density at radius 3 is 2.59 bits per heavy atom. The van der Waals surface area contributed by atoms with Crippen LogP contribution in [0.25, 0.3) is 0 Å². The highest BCUT2D eigenvalue weighted by Gasteiger charge is 2.23. The molecule has 0 spiro atoms. The molecule has 0 saturated heterocycles. The van der Waals surface area contributed by atoms with E-state index in [2.05, 4.69) is 6.07 Å². The average molecular weight is 418 g/mol. The SMILES string of the molecule is COc1cc(C(=O)OCC(=O)N2CCc3ccccc3C2)cc(Cl)c1OC(C)C. The van der Waals surface area contributed by atoms with Gasteiger partial charge in [0, 0.05) is 13.1 Å². The highest BCUT2D eigenvalue weighted by Crippen LogP contribution is 2.37. The quantitative estimate of drug-likeness (QED) is 0.667. The molecule has 0 atom stereocenters. The summed E-state index contributed by atoms with van der Waals surface area (Å²) in [5.74, 6) is -0.182. The Hall–Kier alpha value is -2.73. The predicted octanol–water partition coefficient (Wildman–Crippen LogP) is 3.88. The molecule has 154 valence electrons. The van der Waals surface area contributed by atoms with Crippen molar-refractivity contribution in [1.82, 2.24) is 4.90 Å². The molecule has 1 aliphatic heterocycles. The van der Waals surface area contributed by atoms with Gasteiger partial charge >= 0.3 is 5.97 Å². The van der Waals surface area contributed by atoms with Crippen molar-refractivity contribution in [3.05, 3.63) is 58.1 Å². The summed E-state index contributed by atoms with van der Waals surface area (Å²) in [6, 6.07) is 11.0. The molecule has 1 aliphatic rings. The zero-order chi connectivity index (χ0) is 21.0. The van der Waals surface area contributed by atoms with E-state index in [0.717, 1.165) is 12.0 Å². The second-order valence-electron chi connectivity index (χ2n) is 7.07. The fraction of sp³-hybridized carbons (Fsp3) is 0.364. The van der Waals surface area contributed by atoms with E-state index in [4.69, 9.17) is 25.8 Å². The molecule has 0 saturated carbocycles. The number of halogens is 1. The van der Waals surface area contributed by atoms with E-state index in [1.54, 1.807) is 4.90 Å². The zero-order valence-electron chi connectivity index (χ0n) is 16.7. The number of fused-ring (bicyclic) bond motifs is 1. The van der Waals surface area contributed by atoms with E-state index in [1.807, 2.05) is 32.0 Å². The van der Waals surface area contributed by atoms with Crippen molar-refractivity contribution >= 4 is 23.5 Å². The molecular formula is C22H24ClNO5. The molecule has 0 bridgehead atoms. The number of carbonyl (C=O) groups is 2. The molecule has 0 N–H and O–H groups in total. The lowest BCUT2D eigenvalue weighted by molar-refractivity contribution is -0.135. The lowest BCUT2D eigenvalue weighted by Gasteiger charge is -2.28. The van der Waals surface area contributed by atoms with Gasteiger partial charge in [-0.05, 0) is 43.5 Å². The Balaban J connectivity index is 1.63. The third-order valence-corrected chi connectivity index (χ3v) is 4.91. The Morgan fingerprint density at radius 1 is 1.17 bits per heavy atom. The Labute approximate surface area is 175 Å². The first-order chi connectivity index (χ1) is 13.9. The molecule has 29 heavy (non-hydrogen) atoms. The number of amides is 1. The number of carbonyl (C=O) groups excluding carboxylic acids is 2. The molecule has 0 aliphatic carbocycles. The molecular weight excluding hydrogens is 394 g/mol. The number of esters is 1. The lowest BCUT2D eigenvalue weighted by atomic mass is 10.00. The molecule has 0 radical (unpaired) electrons. The molecule has 0 unspecified atom stereocenters. The van der Waals surface area contributed by atoms with Gasteiger partial charge in [-0.25, -0.2) is 4.79 Å². The van der Waals surface area contributed by atoms with Gasteiger partial charge in [0.1, 0.15) is 0 Å². The molecule has 1 heterocycles. The first-order valence-electron chi connectivity index (χ1n) is 9.45. The van der Waals surface area contributed by atoms with E-state index in [0.29, 0.717) is 24.6 Å². The summed E-state index contributed by atoms with van der Waals surface area (Å²) in [6.45, 7) is 4.53. The van der Waals surface area contributed by atoms with Crippen molar-refractivity contribution in [2.45, 2.75) is 32.9 Å². The van der Waals surface area contributed by atoms with Crippen LogP contribution in [0.4, 0.5) is 0 Å². The molecule has 6 nitrogen and oxygen atoms in total. The maximum absolute atomic E-state index is 12.5. The minimum Gasteiger partial charge on any atom is -0.493 e. The molecule has 0 aromatic heterocycles. The predicted molar refractivity (Wildman–Crippen MR) is 110 cm³/mol. The summed E-state index contributed by atoms with van der Waals surface area (Å²) in [5.41, 5.74) is 2.56. The molecule has 0 fully saturated rings. The Kier molecular flexibility index (Phi) is 6.64. The topological polar surface area (TPSA) is 65.1 Å². The number of ether oxygens (including phenoxy) is 3. The number of rotatable bonds is 6. The van der Waals surface area contributed by atoms with Crippen LogP contribution in [0.3, 0.4) is 0 Å². The van der Waals surface area contributed by atoms with Crippen LogP contribution >= 0.6 is 11.6 Å². The first kappa shape index (κ1) is 21.0. The van der Waals surface area contributed by atoms with Gasteiger partial charge in [-0.3, -0.25) is 4.79 Å². The normalized spacial score (nSPS) is 13.1. The van der Waals surface area contributed by atoms with Gasteiger partial charge < -0.3 is 19.1 Å². The minimum atomic E-state index is -0.646. The summed E-state index contributed by atoms with van der Waals surface area (Å²) >= 11 is 6.25. The Morgan fingerprint density at radius 2 is 1.90 bits per heavy atom. The van der Waals surface area contributed by atoms with Crippen LogP contribution in [0.5, 0.6) is 11.5 Å². The van der Waals surface area contributed by atoms with Gasteiger partial charge in [0.05, 0.1) is 23.8 Å². The van der Waals surface area contributed by atoms with E-state index >= 15 is 0 Å². The molecule has 2 aromatic rings. The number of benzene rings is 2. The summed E-state index contributed by atoms with van der Waals surface area (Å²) in [7, 11) is 1.46. The maximum Gasteiger partial charge on any atom is 0.338 e. The van der Waals surface area contributed by atoms with Crippen molar-refractivity contribution in [3.63, 3.8) is 0 Å². The smallest absolute Gasteiger partial charge is 0.338 e. The summed E-state index contributed by atoms with van der Waals surface area (Å²) < 4.78 is 16.1. The van der Waals surface area contributed by atoms with Gasteiger partial charge in [-0.15, -0.1) is 0 Å². The van der Waals surface area contributed by atoms with Crippen LogP contribution in [-0.2, 0) is 22.5 Å². The van der Waals surface area contributed by atoms with E-state index in [9.17, 15) is 9.59 Å². The Bertz CT molecular complexity index is 912. The van der Waals surface area contributed by atoms with Crippen molar-refractivity contribution in [2.75, 3.05) is 20.3 Å². The van der Waals surface area contributed by atoms with Crippen LogP contribution in [-0.4, -0.2) is 43.1 Å². The lowest BCUT2D eigenvalue weighted by Crippen LogP contribution is -2.38. The number of hydrogen-bond donors (Lipinski definition) is 0. The van der Waals surface area contributed by atoms with Crippen LogP contribution < -0.4 is 9.47 Å². The van der Waals surface area contributed by atoms with Crippen LogP contribution in [0, 0.1) is 0 Å². The summed E-state index contributed by atoms with van der Waals surface area (Å²) in [6.07, 6.45) is 0.687.